The SMILES string of the molecule is C=CC(C)(O)C(C)=N.CC(=N)C(C)(C)O.CC(=N)C(C)(O)[Si](C)(C)C.CCC(C)(O)C(C)=N.CCC(O)(C(C)=NC)C(C)C.CCC(O)(CC)C(C)=N.CCC(O)(CC)C(C)=NC.CC[Si](CC)(CC)C(C)(O)C(C)=N.CN=C(C)C(O)(C(C)C)C(C)C.[Co].[Co].[Co].[Co].[Co].[Co].[Co].[Co].[Co]. The third kappa shape index (κ3) is 54.6. The van der Waals surface area contributed by atoms with Gasteiger partial charge in [0.15, 0.2) is 0 Å². The molecule has 0 saturated heterocycles. The molecule has 0 aliphatic heterocycles. The van der Waals surface area contributed by atoms with Crippen molar-refractivity contribution < 1.29 is 197 Å². The Morgan fingerprint density at radius 3 is 0.691 bits per heavy atom. The Kier molecular flexibility index (Phi) is 99.5. The fraction of sp³-hybridized carbons (Fsp3) is 0.838. The summed E-state index contributed by atoms with van der Waals surface area (Å²) in [6.45, 7) is 65.0. The van der Waals surface area contributed by atoms with Crippen LogP contribution in [0.1, 0.15) is 246 Å². The molecule has 0 saturated carbocycles. The molecule has 0 fully saturated rings. The van der Waals surface area contributed by atoms with Gasteiger partial charge in [-0.05, 0) is 160 Å². The first kappa shape index (κ1) is 144. The largest absolute Gasteiger partial charge is 0.388 e. The van der Waals surface area contributed by atoms with Gasteiger partial charge in [-0.25, -0.2) is 0 Å². The van der Waals surface area contributed by atoms with Gasteiger partial charge in [0.1, 0.15) is 28.0 Å². The minimum atomic E-state index is -1.68. The molecule has 0 amide bonds. The van der Waals surface area contributed by atoms with E-state index in [1.54, 1.807) is 90.4 Å². The Morgan fingerprint density at radius 2 is 0.649 bits per heavy atom. The van der Waals surface area contributed by atoms with Crippen LogP contribution < -0.4 is 0 Å². The first-order chi connectivity index (χ1) is 39.0. The van der Waals surface area contributed by atoms with Crippen molar-refractivity contribution in [2.24, 2.45) is 32.7 Å². The molecule has 97 heavy (non-hydrogen) atoms. The molecule has 15 N–H and O–H groups in total. The number of hydrogen-bond donors (Lipinski definition) is 15. The summed E-state index contributed by atoms with van der Waals surface area (Å²) in [6, 6.07) is 3.18. The summed E-state index contributed by atoms with van der Waals surface area (Å²) in [4.78, 5) is 12.1. The van der Waals surface area contributed by atoms with Gasteiger partial charge < -0.3 is 78.4 Å². The van der Waals surface area contributed by atoms with Crippen molar-refractivity contribution in [1.29, 1.82) is 32.5 Å². The maximum atomic E-state index is 10.3. The van der Waals surface area contributed by atoms with Crippen LogP contribution in [0.25, 0.3) is 0 Å². The van der Waals surface area contributed by atoms with E-state index in [0.29, 0.717) is 47.8 Å². The normalized spacial score (nSPS) is 14.2. The molecule has 29 heteroatoms. The predicted molar refractivity (Wildman–Crippen MR) is 393 cm³/mol. The summed E-state index contributed by atoms with van der Waals surface area (Å²) in [5.74, 6) is 0.651. The summed E-state index contributed by atoms with van der Waals surface area (Å²) in [6.07, 6.45) is 5.45. The average molecular weight is 1820 g/mol. The number of nitrogens with zero attached hydrogens (tertiary/aromatic N) is 3. The predicted octanol–water partition coefficient (Wildman–Crippen LogP) is 14.6. The van der Waals surface area contributed by atoms with Crippen LogP contribution in [0.2, 0.25) is 37.8 Å². The van der Waals surface area contributed by atoms with Crippen molar-refractivity contribution in [3.05, 3.63) is 12.7 Å². The van der Waals surface area contributed by atoms with Gasteiger partial charge in [-0.2, -0.15) is 0 Å². The standard InChI is InChI=1S/C10H23NOSi.C10H21NO.C9H19NO.C8H17NO.C7H17NOSi.C7H15NO.C6H13NO.C6H11NO.C5H11NO.9Co/c1-6-13(7-2,8-3)10(5,12)9(4)11;1-7(2)10(12,8(3)4)9(5)11-6;1-6-9(11,7(2)3)8(4)10-5;1-5-8(10,6-2)7(3)9-4;1-6(8)7(2,9)10(3,4)5;1-4-7(9,5-2)6(3)8;2*1-4-6(3,8)5(2)7;1-4(6)5(2,3)7;;;;;;;;;/h11-12H,6-8H2,1-5H3;7-8,12H,1-6H3;7,11H,6H2,1-5H3;10H,5-6H2,1-4H3;8-9H,1-5H3;8-9H,4-5H2,1-3H3;7-8H,4H2,1-3H3;4,7-8H,1H2,2-3H3;6-7H,1-3H3;;;;;;;;;. The second kappa shape index (κ2) is 66.8. The average Bonchev–Trinajstić information content (AvgIpc) is 3.44. The van der Waals surface area contributed by atoms with Crippen LogP contribution >= 0.6 is 0 Å². The number of hydrogen-bond acceptors (Lipinski definition) is 18. The Labute approximate surface area is 690 Å². The van der Waals surface area contributed by atoms with Crippen molar-refractivity contribution in [2.45, 2.75) is 334 Å². The first-order valence-electron chi connectivity index (χ1n) is 31.8. The second-order valence-corrected chi connectivity index (χ2v) is 37.6. The molecule has 0 aromatic rings. The van der Waals surface area contributed by atoms with Gasteiger partial charge in [-0.1, -0.05) is 154 Å². The van der Waals surface area contributed by atoms with Crippen LogP contribution in [0.4, 0.5) is 0 Å². The Morgan fingerprint density at radius 1 is 0.381 bits per heavy atom. The molecule has 0 bridgehead atoms. The zero-order chi connectivity index (χ0) is 73.6. The molecule has 9 radical (unpaired) electrons. The maximum Gasteiger partial charge on any atom is 0.117 e. The van der Waals surface area contributed by atoms with Crippen molar-refractivity contribution in [3.8, 4) is 0 Å². The van der Waals surface area contributed by atoms with E-state index >= 15 is 0 Å². The van der Waals surface area contributed by atoms with E-state index in [4.69, 9.17) is 42.7 Å². The zero-order valence-electron chi connectivity index (χ0n) is 66.7. The van der Waals surface area contributed by atoms with E-state index in [9.17, 15) is 35.7 Å². The van der Waals surface area contributed by atoms with Crippen LogP contribution in [0.15, 0.2) is 27.6 Å². The molecule has 0 spiro atoms. The number of aliphatic hydroxyl groups is 9. The number of aliphatic imine (C=N–C) groups is 3. The summed E-state index contributed by atoms with van der Waals surface area (Å²) < 4.78 is 0. The van der Waals surface area contributed by atoms with E-state index in [1.807, 2.05) is 111 Å². The third-order valence-electron chi connectivity index (χ3n) is 18.7. The minimum Gasteiger partial charge on any atom is -0.388 e. The van der Waals surface area contributed by atoms with Crippen molar-refractivity contribution >= 4 is 67.6 Å². The number of rotatable bonds is 24. The topological polar surface area (TPSA) is 362 Å². The van der Waals surface area contributed by atoms with E-state index in [0.717, 1.165) is 54.5 Å². The van der Waals surface area contributed by atoms with Gasteiger partial charge in [0.05, 0.1) is 37.8 Å². The van der Waals surface area contributed by atoms with E-state index < -0.39 is 65.8 Å². The van der Waals surface area contributed by atoms with Gasteiger partial charge in [0.25, 0.3) is 0 Å². The van der Waals surface area contributed by atoms with Crippen LogP contribution in [-0.2, 0) is 151 Å². The van der Waals surface area contributed by atoms with Crippen molar-refractivity contribution in [1.82, 2.24) is 0 Å². The Hall–Kier alpha value is 1.40. The fourth-order valence-corrected chi connectivity index (χ4v) is 13.4. The van der Waals surface area contributed by atoms with Crippen LogP contribution in [0, 0.1) is 50.2 Å². The molecule has 0 rings (SSSR count). The summed E-state index contributed by atoms with van der Waals surface area (Å²) in [7, 11) is 1.87. The molecule has 0 aliphatic rings. The zero-order valence-corrected chi connectivity index (χ0v) is 78.1. The van der Waals surface area contributed by atoms with E-state index in [-0.39, 0.29) is 174 Å². The molecule has 5 unspecified atom stereocenters. The van der Waals surface area contributed by atoms with E-state index in [1.165, 1.54) is 13.0 Å². The molecule has 0 aromatic heterocycles. The van der Waals surface area contributed by atoms with Gasteiger partial charge in [-0.15, -0.1) is 0 Å². The minimum absolute atomic E-state index is 0. The summed E-state index contributed by atoms with van der Waals surface area (Å²) >= 11 is 0. The van der Waals surface area contributed by atoms with Gasteiger partial charge in [-0.3, -0.25) is 15.0 Å². The molecular formula is C68H147Co9N9O9Si2. The third-order valence-corrected chi connectivity index (χ3v) is 28.5. The van der Waals surface area contributed by atoms with Crippen LogP contribution in [0.5, 0.6) is 0 Å². The van der Waals surface area contributed by atoms with Crippen LogP contribution in [-0.4, -0.2) is 184 Å². The second-order valence-electron chi connectivity index (χ2n) is 26.5. The van der Waals surface area contributed by atoms with Gasteiger partial charge in [0, 0.05) is 224 Å². The maximum absolute atomic E-state index is 10.3. The van der Waals surface area contributed by atoms with Gasteiger partial charge in [0.2, 0.25) is 0 Å². The summed E-state index contributed by atoms with van der Waals surface area (Å²) in [5, 5.41) is 128. The van der Waals surface area contributed by atoms with E-state index in [2.05, 4.69) is 62.0 Å². The smallest absolute Gasteiger partial charge is 0.117 e. The van der Waals surface area contributed by atoms with Crippen LogP contribution in [0.3, 0.4) is 0 Å². The molecule has 0 heterocycles. The monoisotopic (exact) mass is 1820 g/mol. The number of nitrogens with one attached hydrogen (secondary N) is 6. The Balaban J connectivity index is -0.0000000449. The van der Waals surface area contributed by atoms with Crippen molar-refractivity contribution in [2.75, 3.05) is 21.1 Å². The van der Waals surface area contributed by atoms with Gasteiger partial charge >= 0.3 is 0 Å². The quantitative estimate of drug-likeness (QED) is 0.0248. The molecule has 607 valence electrons. The summed E-state index contributed by atoms with van der Waals surface area (Å²) in [5.41, 5.74) is -1.32. The molecule has 0 aromatic carbocycles. The molecule has 5 atom stereocenters. The first-order valence-corrected chi connectivity index (χ1v) is 38.0. The fourth-order valence-electron chi connectivity index (χ4n) is 7.87. The van der Waals surface area contributed by atoms with Crippen molar-refractivity contribution in [3.63, 3.8) is 0 Å². The molecular weight excluding hydrogens is 1670 g/mol. The molecule has 18 nitrogen and oxygen atoms in total. The molecule has 0 aliphatic carbocycles. The Bertz CT molecular complexity index is 2130.